The molecule has 0 aliphatic rings. The highest BCUT2D eigenvalue weighted by Gasteiger charge is 2.25. The van der Waals surface area contributed by atoms with E-state index in [1.165, 1.54) is 18.9 Å². The third kappa shape index (κ3) is 5.02. The van der Waals surface area contributed by atoms with E-state index in [9.17, 15) is 4.79 Å². The van der Waals surface area contributed by atoms with Crippen LogP contribution in [0.2, 0.25) is 5.02 Å². The van der Waals surface area contributed by atoms with Crippen molar-refractivity contribution >= 4 is 40.9 Å². The quantitative estimate of drug-likeness (QED) is 0.513. The lowest BCUT2D eigenvalue weighted by molar-refractivity contribution is -0.119. The molecule has 0 saturated heterocycles. The summed E-state index contributed by atoms with van der Waals surface area (Å²) in [6.07, 6.45) is 0.525. The van der Waals surface area contributed by atoms with E-state index in [2.05, 4.69) is 15.5 Å². The number of anilines is 2. The number of methoxy groups -OCH3 is 1. The summed E-state index contributed by atoms with van der Waals surface area (Å²) >= 11 is 7.64. The van der Waals surface area contributed by atoms with Gasteiger partial charge in [0, 0.05) is 11.4 Å². The van der Waals surface area contributed by atoms with Crippen molar-refractivity contribution in [3.63, 3.8) is 0 Å². The lowest BCUT2D eigenvalue weighted by atomic mass is 10.2. The molecule has 0 aliphatic heterocycles. The fourth-order valence-corrected chi connectivity index (χ4v) is 4.06. The molecule has 9 heteroatoms. The van der Waals surface area contributed by atoms with E-state index in [0.717, 1.165) is 5.56 Å². The zero-order chi connectivity index (χ0) is 20.8. The number of hydrogen-bond donors (Lipinski definition) is 2. The number of ether oxygens (including phenoxy) is 1. The molecule has 152 valence electrons. The number of carbonyl (C=O) groups is 1. The van der Waals surface area contributed by atoms with Crippen molar-refractivity contribution in [3.8, 4) is 5.75 Å². The highest BCUT2D eigenvalue weighted by molar-refractivity contribution is 7.98. The van der Waals surface area contributed by atoms with Crippen LogP contribution in [0.3, 0.4) is 0 Å². The fraction of sp³-hybridized carbons (Fsp3) is 0.250. The van der Waals surface area contributed by atoms with Gasteiger partial charge >= 0.3 is 0 Å². The predicted octanol–water partition coefficient (Wildman–Crippen LogP) is 4.40. The highest BCUT2D eigenvalue weighted by atomic mass is 35.5. The Morgan fingerprint density at radius 1 is 1.28 bits per heavy atom. The molecule has 3 aromatic rings. The highest BCUT2D eigenvalue weighted by Crippen LogP contribution is 2.30. The number of hydrogen-bond acceptors (Lipinski definition) is 6. The minimum atomic E-state index is -0.552. The average molecular weight is 432 g/mol. The van der Waals surface area contributed by atoms with E-state index in [1.807, 2.05) is 37.3 Å². The van der Waals surface area contributed by atoms with E-state index < -0.39 is 6.04 Å². The number of rotatable bonds is 8. The van der Waals surface area contributed by atoms with Gasteiger partial charge in [-0.2, -0.15) is 0 Å². The minimum Gasteiger partial charge on any atom is -0.495 e. The van der Waals surface area contributed by atoms with Gasteiger partial charge in [0.25, 0.3) is 0 Å². The van der Waals surface area contributed by atoms with Crippen molar-refractivity contribution in [2.75, 3.05) is 18.2 Å². The van der Waals surface area contributed by atoms with Crippen molar-refractivity contribution in [1.29, 1.82) is 0 Å². The lowest BCUT2D eigenvalue weighted by Crippen LogP contribution is -2.27. The van der Waals surface area contributed by atoms with Crippen LogP contribution < -0.4 is 15.8 Å². The van der Waals surface area contributed by atoms with E-state index in [0.29, 0.717) is 33.8 Å². The van der Waals surface area contributed by atoms with Gasteiger partial charge in [0.05, 0.1) is 12.1 Å². The number of nitrogen functional groups attached to an aromatic ring is 1. The summed E-state index contributed by atoms with van der Waals surface area (Å²) in [7, 11) is 1.54. The first-order valence-electron chi connectivity index (χ1n) is 9.05. The minimum absolute atomic E-state index is 0.204. The zero-order valence-corrected chi connectivity index (χ0v) is 17.7. The SMILES string of the molecule is CCC(C(=O)Nc1ccc(OC)c(Cl)c1)n1c(N)nnc1SCc1ccccc1. The molecule has 3 N–H and O–H groups in total. The van der Waals surface area contributed by atoms with Crippen LogP contribution in [0.1, 0.15) is 24.9 Å². The van der Waals surface area contributed by atoms with Gasteiger partial charge in [0.15, 0.2) is 5.16 Å². The van der Waals surface area contributed by atoms with Crippen molar-refractivity contribution in [1.82, 2.24) is 14.8 Å². The summed E-state index contributed by atoms with van der Waals surface area (Å²) in [6.45, 7) is 1.91. The topological polar surface area (TPSA) is 95.1 Å². The maximum atomic E-state index is 13.0. The maximum Gasteiger partial charge on any atom is 0.247 e. The monoisotopic (exact) mass is 431 g/mol. The summed E-state index contributed by atoms with van der Waals surface area (Å²) in [5.41, 5.74) is 7.76. The summed E-state index contributed by atoms with van der Waals surface area (Å²) in [5, 5.41) is 12.0. The van der Waals surface area contributed by atoms with Crippen molar-refractivity contribution < 1.29 is 9.53 Å². The molecule has 29 heavy (non-hydrogen) atoms. The van der Waals surface area contributed by atoms with Crippen LogP contribution in [0.5, 0.6) is 5.75 Å². The Morgan fingerprint density at radius 3 is 2.69 bits per heavy atom. The number of carbonyl (C=O) groups excluding carboxylic acids is 1. The van der Waals surface area contributed by atoms with Gasteiger partial charge in [0.1, 0.15) is 11.8 Å². The van der Waals surface area contributed by atoms with Crippen molar-refractivity contribution in [2.24, 2.45) is 0 Å². The first-order valence-corrected chi connectivity index (χ1v) is 10.4. The molecule has 0 radical (unpaired) electrons. The molecule has 1 heterocycles. The summed E-state index contributed by atoms with van der Waals surface area (Å²) in [6, 6.07) is 14.5. The predicted molar refractivity (Wildman–Crippen MR) is 116 cm³/mol. The summed E-state index contributed by atoms with van der Waals surface area (Å²) < 4.78 is 6.82. The molecule has 0 aliphatic carbocycles. The number of aromatic nitrogens is 3. The molecule has 1 atom stereocenters. The molecule has 1 aromatic heterocycles. The second-order valence-electron chi connectivity index (χ2n) is 6.25. The van der Waals surface area contributed by atoms with E-state index in [1.54, 1.807) is 22.8 Å². The van der Waals surface area contributed by atoms with Gasteiger partial charge in [-0.05, 0) is 30.2 Å². The first kappa shape index (κ1) is 21.0. The van der Waals surface area contributed by atoms with E-state index in [4.69, 9.17) is 22.1 Å². The molecule has 1 unspecified atom stereocenters. The molecule has 3 rings (SSSR count). The van der Waals surface area contributed by atoms with Gasteiger partial charge in [-0.15, -0.1) is 10.2 Å². The molecule has 0 bridgehead atoms. The molecule has 0 spiro atoms. The number of benzene rings is 2. The number of nitrogens with two attached hydrogens (primary N) is 1. The van der Waals surface area contributed by atoms with Crippen LogP contribution in [0.15, 0.2) is 53.7 Å². The number of thioether (sulfide) groups is 1. The number of nitrogens with one attached hydrogen (secondary N) is 1. The fourth-order valence-electron chi connectivity index (χ4n) is 2.86. The zero-order valence-electron chi connectivity index (χ0n) is 16.1. The van der Waals surface area contributed by atoms with E-state index >= 15 is 0 Å². The van der Waals surface area contributed by atoms with E-state index in [-0.39, 0.29) is 11.9 Å². The van der Waals surface area contributed by atoms with Crippen LogP contribution >= 0.6 is 23.4 Å². The molecular formula is C20H22ClN5O2S. The molecule has 7 nitrogen and oxygen atoms in total. The summed E-state index contributed by atoms with van der Waals surface area (Å²) in [5.74, 6) is 1.22. The van der Waals surface area contributed by atoms with Crippen LogP contribution in [-0.4, -0.2) is 27.8 Å². The van der Waals surface area contributed by atoms with Gasteiger partial charge in [0.2, 0.25) is 11.9 Å². The average Bonchev–Trinajstić information content (AvgIpc) is 3.08. The maximum absolute atomic E-state index is 13.0. The molecule has 0 saturated carbocycles. The van der Waals surface area contributed by atoms with Crippen molar-refractivity contribution in [3.05, 3.63) is 59.1 Å². The normalized spacial score (nSPS) is 11.8. The number of nitrogens with zero attached hydrogens (tertiary/aromatic N) is 3. The smallest absolute Gasteiger partial charge is 0.247 e. The molecular weight excluding hydrogens is 410 g/mol. The Hall–Kier alpha value is -2.71. The van der Waals surface area contributed by atoms with Crippen LogP contribution in [0.4, 0.5) is 11.6 Å². The van der Waals surface area contributed by atoms with Crippen LogP contribution in [0, 0.1) is 0 Å². The number of halogens is 1. The van der Waals surface area contributed by atoms with Crippen LogP contribution in [-0.2, 0) is 10.5 Å². The first-order chi connectivity index (χ1) is 14.0. The Labute approximate surface area is 178 Å². The summed E-state index contributed by atoms with van der Waals surface area (Å²) in [4.78, 5) is 13.0. The number of amides is 1. The van der Waals surface area contributed by atoms with Crippen LogP contribution in [0.25, 0.3) is 0 Å². The van der Waals surface area contributed by atoms with Gasteiger partial charge in [-0.1, -0.05) is 60.6 Å². The Kier molecular flexibility index (Phi) is 7.00. The van der Waals surface area contributed by atoms with Crippen molar-refractivity contribution in [2.45, 2.75) is 30.3 Å². The lowest BCUT2D eigenvalue weighted by Gasteiger charge is -2.19. The molecule has 2 aromatic carbocycles. The molecule has 1 amide bonds. The van der Waals surface area contributed by atoms with Gasteiger partial charge in [-0.25, -0.2) is 0 Å². The third-order valence-corrected chi connectivity index (χ3v) is 5.63. The standard InChI is InChI=1S/C20H22ClN5O2S/c1-3-16(18(27)23-14-9-10-17(28-2)15(21)11-14)26-19(22)24-25-20(26)29-12-13-7-5-4-6-8-13/h4-11,16H,3,12H2,1-2H3,(H2,22,24)(H,23,27). The van der Waals surface area contributed by atoms with Gasteiger partial charge < -0.3 is 15.8 Å². The van der Waals surface area contributed by atoms with Gasteiger partial charge in [-0.3, -0.25) is 9.36 Å². The Bertz CT molecular complexity index is 980. The Balaban J connectivity index is 1.77. The second-order valence-corrected chi connectivity index (χ2v) is 7.60. The molecule has 0 fully saturated rings. The second kappa shape index (κ2) is 9.67. The third-order valence-electron chi connectivity index (χ3n) is 4.32. The Morgan fingerprint density at radius 2 is 2.03 bits per heavy atom. The largest absolute Gasteiger partial charge is 0.495 e.